The van der Waals surface area contributed by atoms with E-state index in [0.29, 0.717) is 12.3 Å². The van der Waals surface area contributed by atoms with Gasteiger partial charge in [0.05, 0.1) is 5.75 Å². The number of rotatable bonds is 1. The Balaban J connectivity index is 2.21. The Morgan fingerprint density at radius 3 is 2.47 bits per heavy atom. The molecule has 0 aromatic carbocycles. The molecule has 4 nitrogen and oxygen atoms in total. The zero-order chi connectivity index (χ0) is 12.5. The lowest BCUT2D eigenvalue weighted by Crippen LogP contribution is -2.55. The average molecular weight is 260 g/mol. The Morgan fingerprint density at radius 2 is 1.82 bits per heavy atom. The summed E-state index contributed by atoms with van der Waals surface area (Å²) in [5, 5.41) is 3.45. The molecule has 0 atom stereocenters. The van der Waals surface area contributed by atoms with Gasteiger partial charge in [-0.1, -0.05) is 12.8 Å². The summed E-state index contributed by atoms with van der Waals surface area (Å²) in [4.78, 5) is 0. The van der Waals surface area contributed by atoms with E-state index in [1.54, 1.807) is 4.31 Å². The average Bonchev–Trinajstić information content (AvgIpc) is 2.73. The summed E-state index contributed by atoms with van der Waals surface area (Å²) >= 11 is 0. The van der Waals surface area contributed by atoms with Crippen LogP contribution in [0, 0.1) is 0 Å². The van der Waals surface area contributed by atoms with Crippen molar-refractivity contribution in [3.8, 4) is 0 Å². The molecule has 0 spiro atoms. The Kier molecular flexibility index (Phi) is 3.80. The van der Waals surface area contributed by atoms with E-state index in [9.17, 15) is 8.42 Å². The lowest BCUT2D eigenvalue weighted by molar-refractivity contribution is 0.234. The van der Waals surface area contributed by atoms with Crippen LogP contribution < -0.4 is 5.32 Å². The second-order valence-electron chi connectivity index (χ2n) is 5.96. The lowest BCUT2D eigenvalue weighted by atomic mass is 10.0. The number of hydrogen-bond donors (Lipinski definition) is 1. The first kappa shape index (κ1) is 13.3. The van der Waals surface area contributed by atoms with E-state index in [-0.39, 0.29) is 11.6 Å². The zero-order valence-electron chi connectivity index (χ0n) is 10.9. The Hall–Kier alpha value is -0.130. The fourth-order valence-electron chi connectivity index (χ4n) is 2.89. The molecular weight excluding hydrogens is 236 g/mol. The molecule has 0 aromatic rings. The molecule has 0 radical (unpaired) electrons. The molecular formula is C12H24N2O2S. The zero-order valence-corrected chi connectivity index (χ0v) is 11.7. The normalized spacial score (nSPS) is 30.9. The first-order valence-electron chi connectivity index (χ1n) is 6.65. The third-order valence-corrected chi connectivity index (χ3v) is 5.77. The minimum atomic E-state index is -3.04. The predicted octanol–water partition coefficient (Wildman–Crippen LogP) is 1.33. The predicted molar refractivity (Wildman–Crippen MR) is 69.4 cm³/mol. The van der Waals surface area contributed by atoms with Crippen molar-refractivity contribution >= 4 is 10.0 Å². The van der Waals surface area contributed by atoms with E-state index in [4.69, 9.17) is 0 Å². The number of sulfonamides is 1. The van der Waals surface area contributed by atoms with Gasteiger partial charge in [0.25, 0.3) is 0 Å². The third kappa shape index (κ3) is 3.20. The Labute approximate surface area is 105 Å². The van der Waals surface area contributed by atoms with Crippen LogP contribution in [-0.2, 0) is 10.0 Å². The van der Waals surface area contributed by atoms with Crippen LogP contribution in [-0.4, -0.2) is 43.1 Å². The fraction of sp³-hybridized carbons (Fsp3) is 1.00. The molecule has 2 rings (SSSR count). The van der Waals surface area contributed by atoms with Crippen LogP contribution in [0.1, 0.15) is 46.0 Å². The van der Waals surface area contributed by atoms with E-state index in [1.165, 1.54) is 12.8 Å². The van der Waals surface area contributed by atoms with Crippen LogP contribution in [0.4, 0.5) is 0 Å². The van der Waals surface area contributed by atoms with Crippen molar-refractivity contribution in [1.82, 2.24) is 9.62 Å². The van der Waals surface area contributed by atoms with Crippen LogP contribution >= 0.6 is 0 Å². The monoisotopic (exact) mass is 260 g/mol. The Morgan fingerprint density at radius 1 is 1.18 bits per heavy atom. The second-order valence-corrected chi connectivity index (χ2v) is 8.00. The van der Waals surface area contributed by atoms with Gasteiger partial charge >= 0.3 is 0 Å². The molecule has 17 heavy (non-hydrogen) atoms. The third-order valence-electron chi connectivity index (χ3n) is 3.82. The highest BCUT2D eigenvalue weighted by atomic mass is 32.2. The highest BCUT2D eigenvalue weighted by Crippen LogP contribution is 2.28. The van der Waals surface area contributed by atoms with E-state index in [2.05, 4.69) is 19.2 Å². The molecule has 1 saturated heterocycles. The number of nitrogens with one attached hydrogen (secondary N) is 1. The highest BCUT2D eigenvalue weighted by molar-refractivity contribution is 7.89. The first-order chi connectivity index (χ1) is 7.91. The van der Waals surface area contributed by atoms with Crippen molar-refractivity contribution in [3.05, 3.63) is 0 Å². The number of nitrogens with zero attached hydrogens (tertiary/aromatic N) is 1. The van der Waals surface area contributed by atoms with Gasteiger partial charge in [-0.2, -0.15) is 4.31 Å². The summed E-state index contributed by atoms with van der Waals surface area (Å²) in [6, 6.07) is 0.249. The summed E-state index contributed by atoms with van der Waals surface area (Å²) < 4.78 is 26.4. The quantitative estimate of drug-likeness (QED) is 0.774. The summed E-state index contributed by atoms with van der Waals surface area (Å²) in [7, 11) is -3.04. The molecule has 2 aliphatic rings. The highest BCUT2D eigenvalue weighted by Gasteiger charge is 2.36. The molecule has 0 aromatic heterocycles. The molecule has 0 bridgehead atoms. The van der Waals surface area contributed by atoms with Crippen molar-refractivity contribution in [3.63, 3.8) is 0 Å². The summed E-state index contributed by atoms with van der Waals surface area (Å²) in [5.41, 5.74) is -0.115. The molecule has 0 amide bonds. The fourth-order valence-corrected chi connectivity index (χ4v) is 4.82. The van der Waals surface area contributed by atoms with Gasteiger partial charge in [0.1, 0.15) is 0 Å². The smallest absolute Gasteiger partial charge is 0.214 e. The van der Waals surface area contributed by atoms with Gasteiger partial charge in [-0.05, 0) is 39.7 Å². The Bertz CT molecular complexity index is 359. The van der Waals surface area contributed by atoms with E-state index in [1.807, 2.05) is 0 Å². The van der Waals surface area contributed by atoms with Crippen LogP contribution in [0.5, 0.6) is 0 Å². The van der Waals surface area contributed by atoms with Gasteiger partial charge in [-0.25, -0.2) is 8.42 Å². The van der Waals surface area contributed by atoms with Gasteiger partial charge in [-0.3, -0.25) is 0 Å². The maximum Gasteiger partial charge on any atom is 0.214 e. The van der Waals surface area contributed by atoms with Crippen molar-refractivity contribution < 1.29 is 8.42 Å². The standard InChI is InChI=1S/C12H24N2O2S/c1-12(2)10-14(11-6-3-4-7-11)17(15,16)9-5-8-13-12/h11,13H,3-10H2,1-2H3. The topological polar surface area (TPSA) is 49.4 Å². The number of hydrogen-bond acceptors (Lipinski definition) is 3. The van der Waals surface area contributed by atoms with Gasteiger partial charge in [-0.15, -0.1) is 0 Å². The van der Waals surface area contributed by atoms with Crippen LogP contribution in [0.15, 0.2) is 0 Å². The summed E-state index contributed by atoms with van der Waals surface area (Å²) in [5.74, 6) is 0.298. The summed E-state index contributed by atoms with van der Waals surface area (Å²) in [6.45, 7) is 5.59. The van der Waals surface area contributed by atoms with Crippen molar-refractivity contribution in [2.24, 2.45) is 0 Å². The molecule has 5 heteroatoms. The molecule has 1 saturated carbocycles. The SMILES string of the molecule is CC1(C)CN(C2CCCC2)S(=O)(=O)CCCN1. The van der Waals surface area contributed by atoms with Crippen LogP contribution in [0.2, 0.25) is 0 Å². The van der Waals surface area contributed by atoms with Gasteiger partial charge in [0, 0.05) is 18.1 Å². The molecule has 1 heterocycles. The van der Waals surface area contributed by atoms with Crippen molar-refractivity contribution in [1.29, 1.82) is 0 Å². The molecule has 1 aliphatic carbocycles. The van der Waals surface area contributed by atoms with E-state index >= 15 is 0 Å². The van der Waals surface area contributed by atoms with Crippen LogP contribution in [0.25, 0.3) is 0 Å². The van der Waals surface area contributed by atoms with Crippen molar-refractivity contribution in [2.45, 2.75) is 57.5 Å². The molecule has 100 valence electrons. The molecule has 2 fully saturated rings. The maximum atomic E-state index is 12.3. The lowest BCUT2D eigenvalue weighted by Gasteiger charge is -2.38. The van der Waals surface area contributed by atoms with Gasteiger partial charge in [0.15, 0.2) is 0 Å². The van der Waals surface area contributed by atoms with E-state index < -0.39 is 10.0 Å². The minimum Gasteiger partial charge on any atom is -0.310 e. The van der Waals surface area contributed by atoms with E-state index in [0.717, 1.165) is 25.8 Å². The first-order valence-corrected chi connectivity index (χ1v) is 8.26. The molecule has 0 unspecified atom stereocenters. The van der Waals surface area contributed by atoms with Gasteiger partial charge < -0.3 is 5.32 Å². The largest absolute Gasteiger partial charge is 0.310 e. The summed E-state index contributed by atoms with van der Waals surface area (Å²) in [6.07, 6.45) is 5.13. The second kappa shape index (κ2) is 4.86. The van der Waals surface area contributed by atoms with Crippen molar-refractivity contribution in [2.75, 3.05) is 18.8 Å². The minimum absolute atomic E-state index is 0.115. The maximum absolute atomic E-state index is 12.3. The van der Waals surface area contributed by atoms with Crippen LogP contribution in [0.3, 0.4) is 0 Å². The molecule has 1 N–H and O–H groups in total. The molecule has 1 aliphatic heterocycles. The van der Waals surface area contributed by atoms with Gasteiger partial charge in [0.2, 0.25) is 10.0 Å².